The Kier molecular flexibility index (Phi) is 3.85. The molecule has 1 fully saturated rings. The van der Waals surface area contributed by atoms with Gasteiger partial charge >= 0.3 is 0 Å². The van der Waals surface area contributed by atoms with Gasteiger partial charge in [-0.2, -0.15) is 0 Å². The fourth-order valence-electron chi connectivity index (χ4n) is 2.70. The predicted octanol–water partition coefficient (Wildman–Crippen LogP) is 2.85. The van der Waals surface area contributed by atoms with Gasteiger partial charge in [-0.25, -0.2) is 0 Å². The molecule has 1 unspecified atom stereocenters. The minimum Gasteiger partial charge on any atom is -0.393 e. The van der Waals surface area contributed by atoms with Crippen LogP contribution < -0.4 is 5.73 Å². The molecule has 0 heterocycles. The molecule has 0 bridgehead atoms. The first kappa shape index (κ1) is 12.6. The summed E-state index contributed by atoms with van der Waals surface area (Å²) in [6.07, 6.45) is 3.81. The zero-order chi connectivity index (χ0) is 12.4. The molecule has 2 rings (SSSR count). The molecule has 0 saturated heterocycles. The molecular weight excluding hydrogens is 210 g/mol. The van der Waals surface area contributed by atoms with Crippen molar-refractivity contribution >= 4 is 0 Å². The van der Waals surface area contributed by atoms with Crippen LogP contribution in [0.15, 0.2) is 18.2 Å². The maximum atomic E-state index is 9.52. The Morgan fingerprint density at radius 2 is 1.76 bits per heavy atom. The topological polar surface area (TPSA) is 46.2 Å². The summed E-state index contributed by atoms with van der Waals surface area (Å²) < 4.78 is 0. The van der Waals surface area contributed by atoms with E-state index in [1.165, 1.54) is 16.7 Å². The highest BCUT2D eigenvalue weighted by atomic mass is 16.3. The Hall–Kier alpha value is -0.860. The van der Waals surface area contributed by atoms with E-state index >= 15 is 0 Å². The second kappa shape index (κ2) is 5.19. The van der Waals surface area contributed by atoms with Gasteiger partial charge in [0.15, 0.2) is 0 Å². The molecular formula is C15H23NO. The predicted molar refractivity (Wildman–Crippen MR) is 70.8 cm³/mol. The van der Waals surface area contributed by atoms with Gasteiger partial charge in [0.2, 0.25) is 0 Å². The van der Waals surface area contributed by atoms with Gasteiger partial charge in [-0.15, -0.1) is 0 Å². The summed E-state index contributed by atoms with van der Waals surface area (Å²) in [6.45, 7) is 4.26. The lowest BCUT2D eigenvalue weighted by Gasteiger charge is -2.30. The van der Waals surface area contributed by atoms with E-state index < -0.39 is 0 Å². The summed E-state index contributed by atoms with van der Waals surface area (Å²) in [5.41, 5.74) is 10.2. The molecule has 94 valence electrons. The number of benzene rings is 1. The molecule has 0 amide bonds. The molecule has 3 N–H and O–H groups in total. The van der Waals surface area contributed by atoms with Crippen LogP contribution in [0.25, 0.3) is 0 Å². The van der Waals surface area contributed by atoms with Gasteiger partial charge in [-0.1, -0.05) is 18.2 Å². The Morgan fingerprint density at radius 1 is 1.12 bits per heavy atom. The maximum Gasteiger partial charge on any atom is 0.0540 e. The lowest BCUT2D eigenvalue weighted by Crippen LogP contribution is -2.27. The van der Waals surface area contributed by atoms with Gasteiger partial charge in [0.05, 0.1) is 6.10 Å². The van der Waals surface area contributed by atoms with E-state index in [2.05, 4.69) is 32.0 Å². The Balaban J connectivity index is 2.08. The van der Waals surface area contributed by atoms with Gasteiger partial charge in [0, 0.05) is 6.04 Å². The smallest absolute Gasteiger partial charge is 0.0540 e. The zero-order valence-corrected chi connectivity index (χ0v) is 10.8. The molecule has 2 nitrogen and oxygen atoms in total. The van der Waals surface area contributed by atoms with Gasteiger partial charge in [0.1, 0.15) is 0 Å². The van der Waals surface area contributed by atoms with Crippen LogP contribution in [0.5, 0.6) is 0 Å². The molecule has 1 saturated carbocycles. The summed E-state index contributed by atoms with van der Waals surface area (Å²) >= 11 is 0. The quantitative estimate of drug-likeness (QED) is 0.825. The van der Waals surface area contributed by atoms with Gasteiger partial charge in [0.25, 0.3) is 0 Å². The molecule has 1 atom stereocenters. The number of hydrogen-bond donors (Lipinski definition) is 2. The lowest BCUT2D eigenvalue weighted by atomic mass is 9.80. The van der Waals surface area contributed by atoms with E-state index in [0.29, 0.717) is 5.92 Å². The van der Waals surface area contributed by atoms with Crippen LogP contribution in [0, 0.1) is 19.8 Å². The van der Waals surface area contributed by atoms with Crippen LogP contribution in [-0.4, -0.2) is 11.2 Å². The van der Waals surface area contributed by atoms with Gasteiger partial charge in [-0.05, 0) is 62.1 Å². The van der Waals surface area contributed by atoms with Crippen molar-refractivity contribution in [2.24, 2.45) is 11.7 Å². The van der Waals surface area contributed by atoms with E-state index in [4.69, 9.17) is 5.73 Å². The van der Waals surface area contributed by atoms with Gasteiger partial charge in [-0.3, -0.25) is 0 Å². The van der Waals surface area contributed by atoms with Crippen molar-refractivity contribution in [2.75, 3.05) is 0 Å². The molecule has 0 spiro atoms. The average molecular weight is 233 g/mol. The Labute approximate surface area is 104 Å². The molecule has 0 aliphatic heterocycles. The third-order valence-electron chi connectivity index (χ3n) is 4.17. The number of hydrogen-bond acceptors (Lipinski definition) is 2. The third-order valence-corrected chi connectivity index (χ3v) is 4.17. The highest BCUT2D eigenvalue weighted by Gasteiger charge is 2.25. The number of nitrogens with two attached hydrogens (primary N) is 1. The minimum atomic E-state index is -0.0989. The van der Waals surface area contributed by atoms with Crippen molar-refractivity contribution in [2.45, 2.75) is 51.7 Å². The monoisotopic (exact) mass is 233 g/mol. The first-order valence-electron chi connectivity index (χ1n) is 6.58. The van der Waals surface area contributed by atoms with Crippen LogP contribution in [-0.2, 0) is 0 Å². The van der Waals surface area contributed by atoms with Gasteiger partial charge < -0.3 is 10.8 Å². The van der Waals surface area contributed by atoms with E-state index in [0.717, 1.165) is 25.7 Å². The Bertz CT molecular complexity index is 381. The lowest BCUT2D eigenvalue weighted by molar-refractivity contribution is 0.102. The van der Waals surface area contributed by atoms with E-state index in [1.54, 1.807) is 0 Å². The fourth-order valence-corrected chi connectivity index (χ4v) is 2.70. The molecule has 1 aliphatic rings. The van der Waals surface area contributed by atoms with E-state index in [-0.39, 0.29) is 12.1 Å². The molecule has 17 heavy (non-hydrogen) atoms. The Morgan fingerprint density at radius 3 is 2.35 bits per heavy atom. The number of aliphatic hydroxyl groups is 1. The first-order chi connectivity index (χ1) is 8.08. The van der Waals surface area contributed by atoms with Crippen molar-refractivity contribution in [3.8, 4) is 0 Å². The van der Waals surface area contributed by atoms with E-state index in [1.807, 2.05) is 0 Å². The molecule has 1 aliphatic carbocycles. The summed E-state index contributed by atoms with van der Waals surface area (Å²) in [6, 6.07) is 6.65. The number of aryl methyl sites for hydroxylation is 2. The van der Waals surface area contributed by atoms with Crippen molar-refractivity contribution in [3.05, 3.63) is 34.9 Å². The summed E-state index contributed by atoms with van der Waals surface area (Å²) in [4.78, 5) is 0. The van der Waals surface area contributed by atoms with Crippen molar-refractivity contribution in [1.29, 1.82) is 0 Å². The standard InChI is InChI=1S/C15H23NO/c1-10-3-4-13(9-11(10)2)15(16)12-5-7-14(17)8-6-12/h3-4,9,12,14-15,17H,5-8,16H2,1-2H3. The van der Waals surface area contributed by atoms with Crippen LogP contribution in [0.2, 0.25) is 0 Å². The molecule has 1 aromatic rings. The zero-order valence-electron chi connectivity index (χ0n) is 10.8. The molecule has 1 aromatic carbocycles. The van der Waals surface area contributed by atoms with Crippen LogP contribution in [0.3, 0.4) is 0 Å². The molecule has 0 aromatic heterocycles. The average Bonchev–Trinajstić information content (AvgIpc) is 2.33. The second-order valence-electron chi connectivity index (χ2n) is 5.44. The van der Waals surface area contributed by atoms with Crippen LogP contribution in [0.4, 0.5) is 0 Å². The summed E-state index contributed by atoms with van der Waals surface area (Å²) in [5, 5.41) is 9.52. The normalized spacial score (nSPS) is 26.8. The first-order valence-corrected chi connectivity index (χ1v) is 6.58. The van der Waals surface area contributed by atoms with Crippen molar-refractivity contribution in [1.82, 2.24) is 0 Å². The largest absolute Gasteiger partial charge is 0.393 e. The third kappa shape index (κ3) is 2.88. The summed E-state index contributed by atoms with van der Waals surface area (Å²) in [5.74, 6) is 0.528. The summed E-state index contributed by atoms with van der Waals surface area (Å²) in [7, 11) is 0. The highest BCUT2D eigenvalue weighted by molar-refractivity contribution is 5.31. The molecule has 2 heteroatoms. The van der Waals surface area contributed by atoms with Crippen LogP contribution >= 0.6 is 0 Å². The molecule has 0 radical (unpaired) electrons. The SMILES string of the molecule is Cc1ccc(C(N)C2CCC(O)CC2)cc1C. The second-order valence-corrected chi connectivity index (χ2v) is 5.44. The highest BCUT2D eigenvalue weighted by Crippen LogP contribution is 2.33. The fraction of sp³-hybridized carbons (Fsp3) is 0.600. The minimum absolute atomic E-state index is 0.0989. The van der Waals surface area contributed by atoms with Crippen molar-refractivity contribution in [3.63, 3.8) is 0 Å². The maximum absolute atomic E-state index is 9.52. The van der Waals surface area contributed by atoms with Crippen LogP contribution in [0.1, 0.15) is 48.4 Å². The number of rotatable bonds is 2. The van der Waals surface area contributed by atoms with E-state index in [9.17, 15) is 5.11 Å². The van der Waals surface area contributed by atoms with Crippen molar-refractivity contribution < 1.29 is 5.11 Å². The number of aliphatic hydroxyl groups excluding tert-OH is 1.